The third-order valence-electron chi connectivity index (χ3n) is 4.81. The van der Waals surface area contributed by atoms with Crippen LogP contribution in [0.1, 0.15) is 41.9 Å². The molecule has 1 aromatic carbocycles. The topological polar surface area (TPSA) is 97.0 Å². The lowest BCUT2D eigenvalue weighted by atomic mass is 10.1. The molecular formula is C20H19ClN4O3. The lowest BCUT2D eigenvalue weighted by Crippen LogP contribution is -2.32. The van der Waals surface area contributed by atoms with Crippen LogP contribution in [0.5, 0.6) is 5.75 Å². The first-order valence-electron chi connectivity index (χ1n) is 9.16. The molecule has 4 rings (SSSR count). The normalized spacial score (nSPS) is 14.3. The minimum atomic E-state index is -0.251. The highest BCUT2D eigenvalue weighted by molar-refractivity contribution is 6.33. The Morgan fingerprint density at radius 3 is 2.93 bits per heavy atom. The van der Waals surface area contributed by atoms with Crippen molar-refractivity contribution in [2.45, 2.75) is 38.3 Å². The summed E-state index contributed by atoms with van der Waals surface area (Å²) in [6.07, 6.45) is 7.33. The zero-order chi connectivity index (χ0) is 19.5. The molecule has 1 aliphatic carbocycles. The predicted molar refractivity (Wildman–Crippen MR) is 106 cm³/mol. The average molecular weight is 399 g/mol. The minimum Gasteiger partial charge on any atom is -0.486 e. The Morgan fingerprint density at radius 1 is 1.29 bits per heavy atom. The summed E-state index contributed by atoms with van der Waals surface area (Å²) in [7, 11) is 0. The number of H-pyrrole nitrogens is 1. The van der Waals surface area contributed by atoms with Crippen LogP contribution in [0.15, 0.2) is 41.5 Å². The maximum atomic E-state index is 12.5. The maximum absolute atomic E-state index is 12.5. The lowest BCUT2D eigenvalue weighted by Gasteiger charge is -2.14. The van der Waals surface area contributed by atoms with Crippen molar-refractivity contribution < 1.29 is 9.53 Å². The Labute approximate surface area is 166 Å². The van der Waals surface area contributed by atoms with Gasteiger partial charge in [-0.1, -0.05) is 24.4 Å². The number of fused-ring (bicyclic) bond motifs is 1. The first kappa shape index (κ1) is 18.4. The molecule has 7 nitrogen and oxygen atoms in total. The molecule has 144 valence electrons. The number of pyridine rings is 1. The fraction of sp³-hybridized carbons (Fsp3) is 0.300. The quantitative estimate of drug-likeness (QED) is 0.687. The Kier molecular flexibility index (Phi) is 5.25. The number of nitrogens with one attached hydrogen (secondary N) is 2. The number of nitrogens with zero attached hydrogens (tertiary/aromatic N) is 2. The second-order valence-electron chi connectivity index (χ2n) is 6.79. The third kappa shape index (κ3) is 3.99. The zero-order valence-electron chi connectivity index (χ0n) is 15.1. The molecule has 1 saturated carbocycles. The van der Waals surface area contributed by atoms with E-state index in [1.807, 2.05) is 0 Å². The Balaban J connectivity index is 1.49. The maximum Gasteiger partial charge on any atom is 0.258 e. The van der Waals surface area contributed by atoms with Crippen LogP contribution >= 0.6 is 11.6 Å². The van der Waals surface area contributed by atoms with E-state index in [1.165, 1.54) is 6.20 Å². The van der Waals surface area contributed by atoms with Crippen LogP contribution < -0.4 is 15.6 Å². The standard InChI is InChI=1S/C20H19ClN4O3/c21-16-6-5-13(9-15(16)20(27)23-12-3-1-2-4-12)28-11-18-24-17-10-22-8-7-14(17)19(26)25-18/h5-10,12H,1-4,11H2,(H,23,27)(H,24,25,26). The van der Waals surface area contributed by atoms with Gasteiger partial charge in [-0.05, 0) is 37.1 Å². The van der Waals surface area contributed by atoms with Gasteiger partial charge in [0.25, 0.3) is 11.5 Å². The molecule has 0 aliphatic heterocycles. The summed E-state index contributed by atoms with van der Waals surface area (Å²) in [5.41, 5.74) is 0.617. The van der Waals surface area contributed by atoms with Crippen molar-refractivity contribution in [1.29, 1.82) is 0 Å². The molecule has 0 bridgehead atoms. The van der Waals surface area contributed by atoms with Crippen molar-refractivity contribution in [1.82, 2.24) is 20.3 Å². The van der Waals surface area contributed by atoms with E-state index in [1.54, 1.807) is 30.5 Å². The van der Waals surface area contributed by atoms with Gasteiger partial charge in [0, 0.05) is 12.2 Å². The predicted octanol–water partition coefficient (Wildman–Crippen LogP) is 3.22. The molecule has 0 spiro atoms. The van der Waals surface area contributed by atoms with Crippen molar-refractivity contribution in [2.24, 2.45) is 0 Å². The van der Waals surface area contributed by atoms with E-state index in [0.717, 1.165) is 25.7 Å². The second-order valence-corrected chi connectivity index (χ2v) is 7.20. The first-order valence-corrected chi connectivity index (χ1v) is 9.54. The van der Waals surface area contributed by atoms with Crippen molar-refractivity contribution in [3.8, 4) is 5.75 Å². The van der Waals surface area contributed by atoms with Crippen LogP contribution in [0, 0.1) is 0 Å². The Hall–Kier alpha value is -2.93. The van der Waals surface area contributed by atoms with Gasteiger partial charge in [-0.25, -0.2) is 4.98 Å². The number of halogens is 1. The number of rotatable bonds is 5. The summed E-state index contributed by atoms with van der Waals surface area (Å²) < 4.78 is 5.72. The Morgan fingerprint density at radius 2 is 2.11 bits per heavy atom. The molecule has 2 heterocycles. The summed E-state index contributed by atoms with van der Waals surface area (Å²) in [4.78, 5) is 35.7. The van der Waals surface area contributed by atoms with Gasteiger partial charge in [-0.15, -0.1) is 0 Å². The molecule has 1 amide bonds. The SMILES string of the molecule is O=C(NC1CCCC1)c1cc(OCc2nc3cnccc3c(=O)[nH]2)ccc1Cl. The highest BCUT2D eigenvalue weighted by atomic mass is 35.5. The summed E-state index contributed by atoms with van der Waals surface area (Å²) in [5.74, 6) is 0.637. The van der Waals surface area contributed by atoms with Crippen molar-refractivity contribution in [2.75, 3.05) is 0 Å². The largest absolute Gasteiger partial charge is 0.486 e. The van der Waals surface area contributed by atoms with Crippen LogP contribution in [0.25, 0.3) is 10.9 Å². The highest BCUT2D eigenvalue weighted by Gasteiger charge is 2.20. The molecule has 0 unspecified atom stereocenters. The van der Waals surface area contributed by atoms with Crippen LogP contribution in [0.3, 0.4) is 0 Å². The fourth-order valence-electron chi connectivity index (χ4n) is 3.36. The summed E-state index contributed by atoms with van der Waals surface area (Å²) in [6.45, 7) is 0.0470. The number of ether oxygens (including phenoxy) is 1. The van der Waals surface area contributed by atoms with Crippen molar-refractivity contribution >= 4 is 28.4 Å². The molecule has 1 fully saturated rings. The summed E-state index contributed by atoms with van der Waals surface area (Å²) in [6, 6.07) is 6.72. The number of hydrogen-bond donors (Lipinski definition) is 2. The molecule has 2 N–H and O–H groups in total. The number of carbonyl (C=O) groups is 1. The molecule has 3 aromatic rings. The molecule has 2 aromatic heterocycles. The van der Waals surface area contributed by atoms with E-state index < -0.39 is 0 Å². The average Bonchev–Trinajstić information content (AvgIpc) is 3.20. The third-order valence-corrected chi connectivity index (χ3v) is 5.14. The van der Waals surface area contributed by atoms with Crippen LogP contribution in [-0.2, 0) is 6.61 Å². The second kappa shape index (κ2) is 7.98. The lowest BCUT2D eigenvalue weighted by molar-refractivity contribution is 0.0937. The molecule has 0 saturated heterocycles. The van der Waals surface area contributed by atoms with E-state index in [2.05, 4.69) is 20.3 Å². The van der Waals surface area contributed by atoms with E-state index in [9.17, 15) is 9.59 Å². The number of benzene rings is 1. The van der Waals surface area contributed by atoms with Gasteiger partial charge in [0.05, 0.1) is 27.7 Å². The Bertz CT molecular complexity index is 1080. The molecule has 0 atom stereocenters. The van der Waals surface area contributed by atoms with Gasteiger partial charge < -0.3 is 15.0 Å². The van der Waals surface area contributed by atoms with Crippen molar-refractivity contribution in [3.05, 3.63) is 63.4 Å². The zero-order valence-corrected chi connectivity index (χ0v) is 15.8. The molecule has 8 heteroatoms. The van der Waals surface area contributed by atoms with Gasteiger partial charge in [-0.2, -0.15) is 0 Å². The van der Waals surface area contributed by atoms with Gasteiger partial charge >= 0.3 is 0 Å². The molecular weight excluding hydrogens is 380 g/mol. The first-order chi connectivity index (χ1) is 13.6. The van der Waals surface area contributed by atoms with Crippen LogP contribution in [-0.4, -0.2) is 26.9 Å². The highest BCUT2D eigenvalue weighted by Crippen LogP contribution is 2.24. The number of hydrogen-bond acceptors (Lipinski definition) is 5. The summed E-state index contributed by atoms with van der Waals surface area (Å²) in [5, 5.41) is 3.85. The van der Waals surface area contributed by atoms with Gasteiger partial charge in [-0.3, -0.25) is 14.6 Å². The number of aromatic amines is 1. The molecule has 0 radical (unpaired) electrons. The monoisotopic (exact) mass is 398 g/mol. The van der Waals surface area contributed by atoms with Gasteiger partial charge in [0.2, 0.25) is 0 Å². The van der Waals surface area contributed by atoms with E-state index >= 15 is 0 Å². The van der Waals surface area contributed by atoms with Crippen LogP contribution in [0.2, 0.25) is 5.02 Å². The molecule has 28 heavy (non-hydrogen) atoms. The van der Waals surface area contributed by atoms with Crippen molar-refractivity contribution in [3.63, 3.8) is 0 Å². The smallest absolute Gasteiger partial charge is 0.258 e. The number of carbonyl (C=O) groups excluding carboxylic acids is 1. The summed E-state index contributed by atoms with van der Waals surface area (Å²) >= 11 is 6.20. The fourth-order valence-corrected chi connectivity index (χ4v) is 3.56. The van der Waals surface area contributed by atoms with Crippen LogP contribution in [0.4, 0.5) is 0 Å². The van der Waals surface area contributed by atoms with Gasteiger partial charge in [0.15, 0.2) is 0 Å². The number of aromatic nitrogens is 3. The molecule has 1 aliphatic rings. The van der Waals surface area contributed by atoms with E-state index in [-0.39, 0.29) is 24.1 Å². The van der Waals surface area contributed by atoms with Gasteiger partial charge in [0.1, 0.15) is 18.2 Å². The number of amides is 1. The van der Waals surface area contributed by atoms with E-state index in [0.29, 0.717) is 33.1 Å². The van der Waals surface area contributed by atoms with E-state index in [4.69, 9.17) is 16.3 Å². The minimum absolute atomic E-state index is 0.0470.